The number of nitrogens with zero attached hydrogens (tertiary/aromatic N) is 2. The predicted octanol–water partition coefficient (Wildman–Crippen LogP) is 1.50. The molecule has 1 aromatic carbocycles. The smallest absolute Gasteiger partial charge is 0.227 e. The van der Waals surface area contributed by atoms with Gasteiger partial charge in [0.15, 0.2) is 0 Å². The van der Waals surface area contributed by atoms with Crippen molar-refractivity contribution in [3.63, 3.8) is 0 Å². The molecule has 0 saturated heterocycles. The van der Waals surface area contributed by atoms with E-state index in [1.165, 1.54) is 5.56 Å². The molecule has 98 valence electrons. The van der Waals surface area contributed by atoms with Crippen LogP contribution in [0.4, 0.5) is 11.4 Å². The lowest BCUT2D eigenvalue weighted by molar-refractivity contribution is -0.118. The number of fused-ring (bicyclic) bond motifs is 1. The van der Waals surface area contributed by atoms with E-state index in [2.05, 4.69) is 4.90 Å². The average Bonchev–Trinajstić information content (AvgIpc) is 2.45. The molecule has 1 aliphatic rings. The summed E-state index contributed by atoms with van der Waals surface area (Å²) in [6, 6.07) is 5.85. The lowest BCUT2D eigenvalue weighted by Gasteiger charge is -2.24. The minimum Gasteiger partial charge on any atom is -0.399 e. The van der Waals surface area contributed by atoms with Gasteiger partial charge in [-0.15, -0.1) is 0 Å². The van der Waals surface area contributed by atoms with Gasteiger partial charge in [-0.05, 0) is 50.7 Å². The summed E-state index contributed by atoms with van der Waals surface area (Å²) in [5.41, 5.74) is 8.83. The molecule has 0 aliphatic carbocycles. The van der Waals surface area contributed by atoms with Gasteiger partial charge in [0.05, 0.1) is 0 Å². The molecule has 2 rings (SSSR count). The van der Waals surface area contributed by atoms with Crippen LogP contribution in [0.2, 0.25) is 0 Å². The molecule has 0 spiro atoms. The molecule has 1 aromatic rings. The van der Waals surface area contributed by atoms with E-state index in [1.807, 2.05) is 37.2 Å². The highest BCUT2D eigenvalue weighted by Crippen LogP contribution is 2.28. The minimum atomic E-state index is 0.223. The first kappa shape index (κ1) is 12.9. The minimum absolute atomic E-state index is 0.223. The van der Waals surface area contributed by atoms with E-state index in [4.69, 9.17) is 5.73 Å². The summed E-state index contributed by atoms with van der Waals surface area (Å²) in [6.45, 7) is 1.61. The molecule has 2 N–H and O–H groups in total. The maximum absolute atomic E-state index is 12.2. The van der Waals surface area contributed by atoms with E-state index in [-0.39, 0.29) is 5.91 Å². The molecule has 1 aliphatic heterocycles. The van der Waals surface area contributed by atoms with Gasteiger partial charge in [0.1, 0.15) is 0 Å². The van der Waals surface area contributed by atoms with Crippen molar-refractivity contribution in [3.05, 3.63) is 23.8 Å². The first-order valence-electron chi connectivity index (χ1n) is 6.41. The molecule has 0 unspecified atom stereocenters. The van der Waals surface area contributed by atoms with Gasteiger partial charge in [-0.3, -0.25) is 4.79 Å². The number of anilines is 2. The van der Waals surface area contributed by atoms with Crippen LogP contribution in [-0.2, 0) is 11.2 Å². The Bertz CT molecular complexity index is 443. The Labute approximate surface area is 108 Å². The van der Waals surface area contributed by atoms with E-state index >= 15 is 0 Å². The lowest BCUT2D eigenvalue weighted by atomic mass is 10.1. The Kier molecular flexibility index (Phi) is 3.87. The second-order valence-electron chi connectivity index (χ2n) is 5.09. The Balaban J connectivity index is 2.28. The van der Waals surface area contributed by atoms with Crippen molar-refractivity contribution < 1.29 is 4.79 Å². The summed E-state index contributed by atoms with van der Waals surface area (Å²) >= 11 is 0. The zero-order valence-corrected chi connectivity index (χ0v) is 11.1. The van der Waals surface area contributed by atoms with Gasteiger partial charge in [-0.2, -0.15) is 0 Å². The highest BCUT2D eigenvalue weighted by Gasteiger charge is 2.21. The number of nitrogens with two attached hydrogens (primary N) is 1. The third kappa shape index (κ3) is 2.82. The molecule has 0 atom stereocenters. The number of rotatable bonds is 3. The Morgan fingerprint density at radius 2 is 2.11 bits per heavy atom. The predicted molar refractivity (Wildman–Crippen MR) is 74.7 cm³/mol. The highest BCUT2D eigenvalue weighted by molar-refractivity contribution is 5.95. The molecule has 18 heavy (non-hydrogen) atoms. The van der Waals surface area contributed by atoms with Gasteiger partial charge in [0.2, 0.25) is 5.91 Å². The quantitative estimate of drug-likeness (QED) is 0.823. The lowest BCUT2D eigenvalue weighted by Crippen LogP contribution is -2.36. The van der Waals surface area contributed by atoms with Crippen LogP contribution in [-0.4, -0.2) is 38.0 Å². The number of carbonyl (C=O) groups excluding carboxylic acids is 1. The molecule has 1 amide bonds. The molecule has 0 aromatic heterocycles. The normalized spacial score (nSPS) is 15.7. The van der Waals surface area contributed by atoms with Crippen molar-refractivity contribution in [2.45, 2.75) is 19.3 Å². The van der Waals surface area contributed by atoms with Gasteiger partial charge >= 0.3 is 0 Å². The maximum atomic E-state index is 12.2. The van der Waals surface area contributed by atoms with Crippen LogP contribution in [0.15, 0.2) is 18.2 Å². The van der Waals surface area contributed by atoms with Crippen LogP contribution in [0.3, 0.4) is 0 Å². The Morgan fingerprint density at radius 1 is 1.33 bits per heavy atom. The molecule has 0 fully saturated rings. The van der Waals surface area contributed by atoms with E-state index < -0.39 is 0 Å². The van der Waals surface area contributed by atoms with Crippen LogP contribution in [0.1, 0.15) is 18.4 Å². The van der Waals surface area contributed by atoms with Crippen LogP contribution in [0.5, 0.6) is 0 Å². The van der Waals surface area contributed by atoms with Crippen molar-refractivity contribution in [2.75, 3.05) is 37.8 Å². The molecule has 0 radical (unpaired) electrons. The SMILES string of the molecule is CN(C)CCN1C(=O)CCCc2cc(N)ccc21. The van der Waals surface area contributed by atoms with E-state index in [1.54, 1.807) is 0 Å². The van der Waals surface area contributed by atoms with E-state index in [0.717, 1.165) is 37.3 Å². The molecule has 4 nitrogen and oxygen atoms in total. The zero-order valence-electron chi connectivity index (χ0n) is 11.1. The standard InChI is InChI=1S/C14H21N3O/c1-16(2)8-9-17-13-7-6-12(15)10-11(13)4-3-5-14(17)18/h6-7,10H,3-5,8-9,15H2,1-2H3. The first-order valence-corrected chi connectivity index (χ1v) is 6.41. The maximum Gasteiger partial charge on any atom is 0.227 e. The second-order valence-corrected chi connectivity index (χ2v) is 5.09. The largest absolute Gasteiger partial charge is 0.399 e. The van der Waals surface area contributed by atoms with Crippen LogP contribution in [0, 0.1) is 0 Å². The van der Waals surface area contributed by atoms with Gasteiger partial charge < -0.3 is 15.5 Å². The fraction of sp³-hybridized carbons (Fsp3) is 0.500. The molecule has 0 saturated carbocycles. The van der Waals surface area contributed by atoms with Crippen molar-refractivity contribution in [1.29, 1.82) is 0 Å². The van der Waals surface area contributed by atoms with Crippen molar-refractivity contribution in [2.24, 2.45) is 0 Å². The molecule has 0 bridgehead atoms. The summed E-state index contributed by atoms with van der Waals surface area (Å²) in [5.74, 6) is 0.223. The summed E-state index contributed by atoms with van der Waals surface area (Å²) < 4.78 is 0. The van der Waals surface area contributed by atoms with Crippen molar-refractivity contribution >= 4 is 17.3 Å². The second kappa shape index (κ2) is 5.40. The zero-order chi connectivity index (χ0) is 13.1. The number of nitrogen functional groups attached to an aromatic ring is 1. The number of benzene rings is 1. The fourth-order valence-corrected chi connectivity index (χ4v) is 2.31. The highest BCUT2D eigenvalue weighted by atomic mass is 16.2. The van der Waals surface area contributed by atoms with Crippen LogP contribution < -0.4 is 10.6 Å². The number of likely N-dealkylation sites (N-methyl/N-ethyl adjacent to an activating group) is 1. The topological polar surface area (TPSA) is 49.6 Å². The van der Waals surface area contributed by atoms with Crippen LogP contribution in [0.25, 0.3) is 0 Å². The number of hydrogen-bond donors (Lipinski definition) is 1. The summed E-state index contributed by atoms with van der Waals surface area (Å²) in [6.07, 6.45) is 2.47. The number of amides is 1. The van der Waals surface area contributed by atoms with Gasteiger partial charge in [-0.1, -0.05) is 0 Å². The van der Waals surface area contributed by atoms with Gasteiger partial charge in [0, 0.05) is 30.9 Å². The summed E-state index contributed by atoms with van der Waals surface area (Å²) in [5, 5.41) is 0. The van der Waals surface area contributed by atoms with E-state index in [9.17, 15) is 4.79 Å². The first-order chi connectivity index (χ1) is 8.58. The molecule has 1 heterocycles. The summed E-state index contributed by atoms with van der Waals surface area (Å²) in [7, 11) is 4.04. The van der Waals surface area contributed by atoms with Crippen molar-refractivity contribution in [1.82, 2.24) is 4.90 Å². The molecule has 4 heteroatoms. The van der Waals surface area contributed by atoms with E-state index in [0.29, 0.717) is 6.42 Å². The molecular formula is C14H21N3O. The van der Waals surface area contributed by atoms with Crippen molar-refractivity contribution in [3.8, 4) is 0 Å². The third-order valence-electron chi connectivity index (χ3n) is 3.30. The number of hydrogen-bond acceptors (Lipinski definition) is 3. The molecular weight excluding hydrogens is 226 g/mol. The number of carbonyl (C=O) groups is 1. The average molecular weight is 247 g/mol. The van der Waals surface area contributed by atoms with Gasteiger partial charge in [0.25, 0.3) is 0 Å². The fourth-order valence-electron chi connectivity index (χ4n) is 2.31. The third-order valence-corrected chi connectivity index (χ3v) is 3.30. The monoisotopic (exact) mass is 247 g/mol. The van der Waals surface area contributed by atoms with Gasteiger partial charge in [-0.25, -0.2) is 0 Å². The Morgan fingerprint density at radius 3 is 2.83 bits per heavy atom. The number of aryl methyl sites for hydroxylation is 1. The Hall–Kier alpha value is -1.55. The summed E-state index contributed by atoms with van der Waals surface area (Å²) in [4.78, 5) is 16.1. The van der Waals surface area contributed by atoms with Crippen LogP contribution >= 0.6 is 0 Å².